The number of anilines is 15. The van der Waals surface area contributed by atoms with Crippen LogP contribution in [0, 0.1) is 0 Å². The lowest BCUT2D eigenvalue weighted by atomic mass is 9.31. The Morgan fingerprint density at radius 3 is 0.943 bits per heavy atom. The molecule has 0 saturated carbocycles. The van der Waals surface area contributed by atoms with Crippen LogP contribution >= 0.6 is 0 Å². The van der Waals surface area contributed by atoms with Crippen LogP contribution in [0.15, 0.2) is 322 Å². The normalized spacial score (nSPS) is 12.7. The van der Waals surface area contributed by atoms with Crippen LogP contribution in [0.25, 0.3) is 0 Å². The van der Waals surface area contributed by atoms with E-state index in [2.05, 4.69) is 346 Å². The molecule has 87 heavy (non-hydrogen) atoms. The summed E-state index contributed by atoms with van der Waals surface area (Å²) >= 11 is 0. The molecule has 17 rings (SSSR count). The maximum absolute atomic E-state index is 7.58. The zero-order valence-corrected chi connectivity index (χ0v) is 47.3. The second kappa shape index (κ2) is 20.7. The van der Waals surface area contributed by atoms with E-state index in [-0.39, 0.29) is 13.4 Å². The molecule has 0 atom stereocenters. The molecule has 0 spiro atoms. The molecule has 0 radical (unpaired) electrons. The lowest BCUT2D eigenvalue weighted by molar-refractivity contribution is 0.487. The van der Waals surface area contributed by atoms with E-state index < -0.39 is 0 Å². The van der Waals surface area contributed by atoms with Crippen molar-refractivity contribution in [1.82, 2.24) is 0 Å². The summed E-state index contributed by atoms with van der Waals surface area (Å²) in [5.74, 6) is 3.27. The van der Waals surface area contributed by atoms with E-state index in [1.54, 1.807) is 0 Å². The maximum atomic E-state index is 7.58. The Hall–Kier alpha value is -11.4. The Bertz CT molecular complexity index is 4600. The quantitative estimate of drug-likeness (QED) is 0.119. The molecule has 7 nitrogen and oxygen atoms in total. The van der Waals surface area contributed by atoms with Gasteiger partial charge in [-0.15, -0.1) is 0 Å². The second-order valence-electron chi connectivity index (χ2n) is 22.4. The smallest absolute Gasteiger partial charge is 0.256 e. The molecular formula is C78H53B2N5O2. The first kappa shape index (κ1) is 50.1. The number of hydrogen-bond acceptors (Lipinski definition) is 7. The molecule has 13 aromatic rings. The van der Waals surface area contributed by atoms with Crippen LogP contribution < -0.4 is 66.8 Å². The first-order valence-electron chi connectivity index (χ1n) is 29.7. The van der Waals surface area contributed by atoms with Crippen LogP contribution in [0.5, 0.6) is 23.0 Å². The number of para-hydroxylation sites is 9. The van der Waals surface area contributed by atoms with Crippen LogP contribution in [0.2, 0.25) is 0 Å². The molecular weight excluding hydrogens is 1060 g/mol. The van der Waals surface area contributed by atoms with Crippen LogP contribution in [0.3, 0.4) is 0 Å². The SMILES string of the molecule is c1ccc(N(c2ccccc2)c2ccc3c(c2)Oc2cc(N(c4ccccc4)c4ccccc4)cc4c2B3c2cc3c(cc2N4c2ccccc2)N(c2ccccc2)c2cc(N(c4ccccc4)c4ccccc4)cc4c2B3c2ccccc2O4)cc1. The third-order valence-corrected chi connectivity index (χ3v) is 17.4. The highest BCUT2D eigenvalue weighted by molar-refractivity contribution is 7.02. The van der Waals surface area contributed by atoms with Gasteiger partial charge in [0.25, 0.3) is 13.4 Å². The van der Waals surface area contributed by atoms with E-state index in [1.165, 1.54) is 10.9 Å². The molecule has 9 heteroatoms. The molecule has 0 fully saturated rings. The average Bonchev–Trinajstić information content (AvgIpc) is 0.759. The fourth-order valence-corrected chi connectivity index (χ4v) is 13.8. The minimum Gasteiger partial charge on any atom is -0.458 e. The zero-order valence-electron chi connectivity index (χ0n) is 47.3. The van der Waals surface area contributed by atoms with Gasteiger partial charge in [-0.1, -0.05) is 176 Å². The van der Waals surface area contributed by atoms with Gasteiger partial charge >= 0.3 is 0 Å². The minimum absolute atomic E-state index is 0.193. The van der Waals surface area contributed by atoms with Gasteiger partial charge in [-0.3, -0.25) is 0 Å². The second-order valence-corrected chi connectivity index (χ2v) is 22.4. The summed E-state index contributed by atoms with van der Waals surface area (Å²) in [6.45, 7) is -0.443. The van der Waals surface area contributed by atoms with Gasteiger partial charge in [-0.25, -0.2) is 0 Å². The average molecular weight is 1110 g/mol. The summed E-state index contributed by atoms with van der Waals surface area (Å²) in [6, 6.07) is 115. The number of nitrogens with zero attached hydrogens (tertiary/aromatic N) is 5. The first-order chi connectivity index (χ1) is 43.2. The summed E-state index contributed by atoms with van der Waals surface area (Å²) in [5, 5.41) is 0. The van der Waals surface area contributed by atoms with E-state index in [0.717, 1.165) is 130 Å². The number of benzene rings is 13. The van der Waals surface area contributed by atoms with Gasteiger partial charge in [-0.05, 0) is 160 Å². The van der Waals surface area contributed by atoms with Gasteiger partial charge in [0.1, 0.15) is 23.0 Å². The third kappa shape index (κ3) is 8.38. The Labute approximate surface area is 507 Å². The molecule has 408 valence electrons. The summed E-state index contributed by atoms with van der Waals surface area (Å²) in [4.78, 5) is 12.0. The Kier molecular flexibility index (Phi) is 11.9. The van der Waals surface area contributed by atoms with Crippen molar-refractivity contribution in [3.05, 3.63) is 322 Å². The number of fused-ring (bicyclic) bond motifs is 8. The van der Waals surface area contributed by atoms with Crippen LogP contribution in [-0.4, -0.2) is 13.4 Å². The summed E-state index contributed by atoms with van der Waals surface area (Å²) in [6.07, 6.45) is 0. The monoisotopic (exact) mass is 1110 g/mol. The predicted octanol–water partition coefficient (Wildman–Crippen LogP) is 16.9. The highest BCUT2D eigenvalue weighted by Gasteiger charge is 2.48. The maximum Gasteiger partial charge on any atom is 0.256 e. The topological polar surface area (TPSA) is 34.7 Å². The molecule has 0 bridgehead atoms. The lowest BCUT2D eigenvalue weighted by Crippen LogP contribution is -2.63. The standard InChI is InChI=1S/C78H53B2N5O2/c1-9-27-54(28-10-1)81(55-29-11-2-12-30-55)62-45-46-66-74(49-62)87-76-51-64(83(58-35-17-5-18-36-58)59-37-19-6-20-38-59)48-72-78(76)80(66)68-52-67-69(53-70(68)85(72)61-41-23-8-24-42-61)84(60-39-21-7-22-40-60)71-47-63(50-75-77(71)79(67)65-43-25-26-44-73(65)86-75)82(56-31-13-3-14-32-56)57-33-15-4-16-34-57/h1-53H. The molecule has 0 aliphatic carbocycles. The Balaban J connectivity index is 0.955. The molecule has 4 heterocycles. The van der Waals surface area contributed by atoms with Crippen molar-refractivity contribution < 1.29 is 9.47 Å². The Morgan fingerprint density at radius 1 is 0.218 bits per heavy atom. The van der Waals surface area contributed by atoms with Crippen molar-refractivity contribution in [2.24, 2.45) is 0 Å². The van der Waals surface area contributed by atoms with Crippen molar-refractivity contribution in [2.75, 3.05) is 24.5 Å². The summed E-state index contributed by atoms with van der Waals surface area (Å²) in [5.41, 5.74) is 22.4. The van der Waals surface area contributed by atoms with E-state index >= 15 is 0 Å². The highest BCUT2D eigenvalue weighted by Crippen LogP contribution is 2.51. The molecule has 4 aliphatic heterocycles. The molecule has 0 N–H and O–H groups in total. The van der Waals surface area contributed by atoms with E-state index in [4.69, 9.17) is 9.47 Å². The fraction of sp³-hybridized carbons (Fsp3) is 0. The molecule has 0 aromatic heterocycles. The summed E-state index contributed by atoms with van der Waals surface area (Å²) in [7, 11) is 0. The molecule has 13 aromatic carbocycles. The zero-order chi connectivity index (χ0) is 57.4. The Morgan fingerprint density at radius 2 is 0.540 bits per heavy atom. The largest absolute Gasteiger partial charge is 0.458 e. The van der Waals surface area contributed by atoms with Crippen LogP contribution in [0.1, 0.15) is 0 Å². The van der Waals surface area contributed by atoms with Crippen molar-refractivity contribution in [2.45, 2.75) is 0 Å². The van der Waals surface area contributed by atoms with Crippen molar-refractivity contribution in [3.63, 3.8) is 0 Å². The molecule has 4 aliphatic rings. The fourth-order valence-electron chi connectivity index (χ4n) is 13.8. The van der Waals surface area contributed by atoms with Crippen LogP contribution in [0.4, 0.5) is 85.3 Å². The van der Waals surface area contributed by atoms with E-state index in [1.807, 2.05) is 0 Å². The number of rotatable bonds is 11. The number of hydrogen-bond donors (Lipinski definition) is 0. The molecule has 0 unspecified atom stereocenters. The first-order valence-corrected chi connectivity index (χ1v) is 29.7. The number of ether oxygens (including phenoxy) is 2. The van der Waals surface area contributed by atoms with Crippen molar-refractivity contribution >= 4 is 132 Å². The van der Waals surface area contributed by atoms with Gasteiger partial charge in [0, 0.05) is 92.1 Å². The molecule has 0 amide bonds. The lowest BCUT2D eigenvalue weighted by Gasteiger charge is -2.45. The summed E-state index contributed by atoms with van der Waals surface area (Å²) < 4.78 is 14.8. The molecule has 0 saturated heterocycles. The highest BCUT2D eigenvalue weighted by atomic mass is 16.5. The van der Waals surface area contributed by atoms with Gasteiger partial charge in [0.05, 0.1) is 11.4 Å². The van der Waals surface area contributed by atoms with Gasteiger partial charge in [0.15, 0.2) is 0 Å². The van der Waals surface area contributed by atoms with Crippen LogP contribution in [-0.2, 0) is 0 Å². The van der Waals surface area contributed by atoms with Crippen molar-refractivity contribution in [3.8, 4) is 23.0 Å². The van der Waals surface area contributed by atoms with Crippen molar-refractivity contribution in [1.29, 1.82) is 0 Å². The third-order valence-electron chi connectivity index (χ3n) is 17.4. The van der Waals surface area contributed by atoms with E-state index in [0.29, 0.717) is 0 Å². The van der Waals surface area contributed by atoms with Gasteiger partial charge < -0.3 is 34.0 Å². The van der Waals surface area contributed by atoms with E-state index in [9.17, 15) is 0 Å². The van der Waals surface area contributed by atoms with Gasteiger partial charge in [0.2, 0.25) is 0 Å². The predicted molar refractivity (Wildman–Crippen MR) is 362 cm³/mol. The minimum atomic E-state index is -0.250. The van der Waals surface area contributed by atoms with Gasteiger partial charge in [-0.2, -0.15) is 0 Å².